The van der Waals surface area contributed by atoms with Crippen LogP contribution in [0.4, 0.5) is 0 Å². The molecule has 1 aliphatic rings. The van der Waals surface area contributed by atoms with E-state index >= 15 is 0 Å². The maximum Gasteiger partial charge on any atom is 0.253 e. The number of hydrogen-bond donors (Lipinski definition) is 2. The summed E-state index contributed by atoms with van der Waals surface area (Å²) in [6.45, 7) is 1.74. The molecule has 0 radical (unpaired) electrons. The largest absolute Gasteiger partial charge is 0.506 e. The Bertz CT molecular complexity index is 422. The lowest BCUT2D eigenvalue weighted by atomic mass is 10.0. The number of likely N-dealkylation sites (tertiary alicyclic amines) is 1. The number of pyridine rings is 1. The first-order chi connectivity index (χ1) is 8.66. The molecule has 5 heteroatoms. The molecular formula is C13H19N3O2. The van der Waals surface area contributed by atoms with Crippen molar-refractivity contribution in [1.82, 2.24) is 15.2 Å². The van der Waals surface area contributed by atoms with E-state index in [1.165, 1.54) is 31.3 Å². The minimum Gasteiger partial charge on any atom is -0.506 e. The van der Waals surface area contributed by atoms with Crippen LogP contribution in [0.3, 0.4) is 0 Å². The molecule has 1 atom stereocenters. The van der Waals surface area contributed by atoms with Crippen LogP contribution in [0.5, 0.6) is 5.75 Å². The van der Waals surface area contributed by atoms with E-state index in [1.807, 2.05) is 0 Å². The van der Waals surface area contributed by atoms with Gasteiger partial charge in [0.15, 0.2) is 0 Å². The monoisotopic (exact) mass is 249 g/mol. The molecule has 0 spiro atoms. The van der Waals surface area contributed by atoms with E-state index in [4.69, 9.17) is 0 Å². The summed E-state index contributed by atoms with van der Waals surface area (Å²) in [4.78, 5) is 17.9. The smallest absolute Gasteiger partial charge is 0.253 e. The molecule has 2 heterocycles. The van der Waals surface area contributed by atoms with Gasteiger partial charge in [-0.2, -0.15) is 0 Å². The number of piperidine rings is 1. The molecular weight excluding hydrogens is 230 g/mol. The number of amides is 1. The van der Waals surface area contributed by atoms with Gasteiger partial charge in [0.1, 0.15) is 5.75 Å². The summed E-state index contributed by atoms with van der Waals surface area (Å²) < 4.78 is 0. The predicted molar refractivity (Wildman–Crippen MR) is 68.5 cm³/mol. The van der Waals surface area contributed by atoms with E-state index in [0.717, 1.165) is 13.0 Å². The summed E-state index contributed by atoms with van der Waals surface area (Å²) >= 11 is 0. The molecule has 1 aromatic rings. The standard InChI is InChI=1S/C13H19N3O2/c1-16-5-3-2-4-11(16)8-15-13(18)10-6-12(17)9-14-7-10/h6-7,9,11,17H,2-5,8H2,1H3,(H,15,18). The lowest BCUT2D eigenvalue weighted by Gasteiger charge is -2.32. The lowest BCUT2D eigenvalue weighted by molar-refractivity contribution is 0.0927. The van der Waals surface area contributed by atoms with Crippen LogP contribution in [0.1, 0.15) is 29.6 Å². The fourth-order valence-electron chi connectivity index (χ4n) is 2.27. The molecule has 0 aromatic carbocycles. The van der Waals surface area contributed by atoms with Gasteiger partial charge in [-0.25, -0.2) is 0 Å². The Hall–Kier alpha value is -1.62. The van der Waals surface area contributed by atoms with Crippen molar-refractivity contribution in [2.45, 2.75) is 25.3 Å². The molecule has 5 nitrogen and oxygen atoms in total. The van der Waals surface area contributed by atoms with Gasteiger partial charge >= 0.3 is 0 Å². The minimum atomic E-state index is -0.183. The first-order valence-corrected chi connectivity index (χ1v) is 6.29. The second kappa shape index (κ2) is 5.82. The summed E-state index contributed by atoms with van der Waals surface area (Å²) in [6.07, 6.45) is 6.34. The van der Waals surface area contributed by atoms with Crippen LogP contribution in [-0.4, -0.2) is 47.1 Å². The number of carbonyl (C=O) groups excluding carboxylic acids is 1. The number of nitrogens with zero attached hydrogens (tertiary/aromatic N) is 2. The van der Waals surface area contributed by atoms with Gasteiger partial charge in [0, 0.05) is 18.8 Å². The van der Waals surface area contributed by atoms with E-state index < -0.39 is 0 Å². The molecule has 1 saturated heterocycles. The Morgan fingerprint density at radius 1 is 1.56 bits per heavy atom. The molecule has 18 heavy (non-hydrogen) atoms. The Morgan fingerprint density at radius 3 is 3.11 bits per heavy atom. The molecule has 98 valence electrons. The third-order valence-electron chi connectivity index (χ3n) is 3.41. The van der Waals surface area contributed by atoms with Crippen LogP contribution in [0.2, 0.25) is 0 Å². The van der Waals surface area contributed by atoms with Crippen LogP contribution in [0.15, 0.2) is 18.5 Å². The Morgan fingerprint density at radius 2 is 2.39 bits per heavy atom. The molecule has 2 N–H and O–H groups in total. The first-order valence-electron chi connectivity index (χ1n) is 6.29. The second-order valence-corrected chi connectivity index (χ2v) is 4.77. The van der Waals surface area contributed by atoms with Gasteiger partial charge in [0.2, 0.25) is 0 Å². The number of hydrogen-bond acceptors (Lipinski definition) is 4. The molecule has 1 fully saturated rings. The van der Waals surface area contributed by atoms with Gasteiger partial charge in [0.05, 0.1) is 11.8 Å². The fraction of sp³-hybridized carbons (Fsp3) is 0.538. The molecule has 0 aliphatic carbocycles. The number of likely N-dealkylation sites (N-methyl/N-ethyl adjacent to an activating group) is 1. The highest BCUT2D eigenvalue weighted by Gasteiger charge is 2.19. The number of carbonyl (C=O) groups is 1. The van der Waals surface area contributed by atoms with Gasteiger partial charge in [0.25, 0.3) is 5.91 Å². The van der Waals surface area contributed by atoms with Crippen LogP contribution in [0, 0.1) is 0 Å². The number of rotatable bonds is 3. The Kier molecular flexibility index (Phi) is 4.15. The minimum absolute atomic E-state index is 0.0115. The number of aromatic nitrogens is 1. The van der Waals surface area contributed by atoms with Gasteiger partial charge in [-0.15, -0.1) is 0 Å². The predicted octanol–water partition coefficient (Wildman–Crippen LogP) is 1.00. The van der Waals surface area contributed by atoms with Crippen molar-refractivity contribution in [2.75, 3.05) is 20.1 Å². The molecule has 0 bridgehead atoms. The van der Waals surface area contributed by atoms with Gasteiger partial charge in [-0.3, -0.25) is 9.78 Å². The van der Waals surface area contributed by atoms with Gasteiger partial charge < -0.3 is 15.3 Å². The molecule has 2 rings (SSSR count). The SMILES string of the molecule is CN1CCCCC1CNC(=O)c1cncc(O)c1. The molecule has 1 aromatic heterocycles. The zero-order chi connectivity index (χ0) is 13.0. The van der Waals surface area contributed by atoms with Gasteiger partial charge in [-0.05, 0) is 32.5 Å². The quantitative estimate of drug-likeness (QED) is 0.839. The highest BCUT2D eigenvalue weighted by molar-refractivity contribution is 5.94. The van der Waals surface area contributed by atoms with Crippen LogP contribution < -0.4 is 5.32 Å². The van der Waals surface area contributed by atoms with Crippen LogP contribution in [0.25, 0.3) is 0 Å². The van der Waals surface area contributed by atoms with Crippen molar-refractivity contribution in [3.05, 3.63) is 24.0 Å². The van der Waals surface area contributed by atoms with E-state index in [2.05, 4.69) is 22.2 Å². The van der Waals surface area contributed by atoms with Crippen molar-refractivity contribution in [2.24, 2.45) is 0 Å². The molecule has 1 amide bonds. The average molecular weight is 249 g/mol. The van der Waals surface area contributed by atoms with E-state index in [1.54, 1.807) is 0 Å². The second-order valence-electron chi connectivity index (χ2n) is 4.77. The van der Waals surface area contributed by atoms with Crippen molar-refractivity contribution >= 4 is 5.91 Å². The maximum absolute atomic E-state index is 11.9. The molecule has 0 saturated carbocycles. The summed E-state index contributed by atoms with van der Waals surface area (Å²) in [5.74, 6) is -0.171. The highest BCUT2D eigenvalue weighted by atomic mass is 16.3. The van der Waals surface area contributed by atoms with Gasteiger partial charge in [-0.1, -0.05) is 6.42 Å². The number of nitrogens with one attached hydrogen (secondary N) is 1. The highest BCUT2D eigenvalue weighted by Crippen LogP contribution is 2.14. The maximum atomic E-state index is 11.9. The van der Waals surface area contributed by atoms with Crippen molar-refractivity contribution < 1.29 is 9.90 Å². The number of aromatic hydroxyl groups is 1. The van der Waals surface area contributed by atoms with E-state index in [-0.39, 0.29) is 11.7 Å². The Balaban J connectivity index is 1.88. The summed E-state index contributed by atoms with van der Waals surface area (Å²) in [5.41, 5.74) is 0.397. The van der Waals surface area contributed by atoms with E-state index in [9.17, 15) is 9.90 Å². The van der Waals surface area contributed by atoms with Crippen molar-refractivity contribution in [3.8, 4) is 5.75 Å². The first kappa shape index (κ1) is 12.8. The summed E-state index contributed by atoms with van der Waals surface area (Å²) in [6, 6.07) is 1.83. The third kappa shape index (κ3) is 3.20. The van der Waals surface area contributed by atoms with E-state index in [0.29, 0.717) is 18.2 Å². The summed E-state index contributed by atoms with van der Waals surface area (Å²) in [7, 11) is 2.09. The molecule has 1 unspecified atom stereocenters. The van der Waals surface area contributed by atoms with Crippen LogP contribution >= 0.6 is 0 Å². The lowest BCUT2D eigenvalue weighted by Crippen LogP contribution is -2.44. The molecule has 1 aliphatic heterocycles. The fourth-order valence-corrected chi connectivity index (χ4v) is 2.27. The third-order valence-corrected chi connectivity index (χ3v) is 3.41. The van der Waals surface area contributed by atoms with Crippen molar-refractivity contribution in [1.29, 1.82) is 0 Å². The van der Waals surface area contributed by atoms with Crippen LogP contribution in [-0.2, 0) is 0 Å². The Labute approximate surface area is 107 Å². The summed E-state index contributed by atoms with van der Waals surface area (Å²) in [5, 5.41) is 12.2. The topological polar surface area (TPSA) is 65.5 Å². The normalized spacial score (nSPS) is 20.6. The van der Waals surface area contributed by atoms with Crippen molar-refractivity contribution in [3.63, 3.8) is 0 Å². The zero-order valence-electron chi connectivity index (χ0n) is 10.6. The average Bonchev–Trinajstić information content (AvgIpc) is 2.37. The zero-order valence-corrected chi connectivity index (χ0v) is 10.6.